The summed E-state index contributed by atoms with van der Waals surface area (Å²) in [5.74, 6) is 0.728. The summed E-state index contributed by atoms with van der Waals surface area (Å²) in [5.41, 5.74) is 0.967. The zero-order chi connectivity index (χ0) is 10.8. The minimum Gasteiger partial charge on any atom is -0.485 e. The third kappa shape index (κ3) is 2.03. The third-order valence-corrected chi connectivity index (χ3v) is 2.75. The fourth-order valence-electron chi connectivity index (χ4n) is 1.84. The van der Waals surface area contributed by atoms with Gasteiger partial charge in [0, 0.05) is 6.54 Å². The van der Waals surface area contributed by atoms with Crippen molar-refractivity contribution in [3.05, 3.63) is 23.2 Å². The van der Waals surface area contributed by atoms with Gasteiger partial charge in [-0.25, -0.2) is 0 Å². The topological polar surface area (TPSA) is 32.7 Å². The lowest BCUT2D eigenvalue weighted by molar-refractivity contribution is 0.207. The van der Waals surface area contributed by atoms with Crippen LogP contribution in [0.3, 0.4) is 0 Å². The quantitative estimate of drug-likeness (QED) is 0.838. The molecular weight excluding hydrogens is 214 g/mol. The van der Waals surface area contributed by atoms with Crippen molar-refractivity contribution in [1.29, 1.82) is 0 Å². The molecule has 0 aromatic heterocycles. The Morgan fingerprint density at radius 3 is 3.13 bits per heavy atom. The summed E-state index contributed by atoms with van der Waals surface area (Å²) >= 11 is 6.06. The number of para-hydroxylation sites is 1. The van der Waals surface area contributed by atoms with Crippen molar-refractivity contribution in [2.75, 3.05) is 24.6 Å². The van der Waals surface area contributed by atoms with E-state index in [4.69, 9.17) is 21.4 Å². The lowest BCUT2D eigenvalue weighted by Gasteiger charge is -2.34. The Morgan fingerprint density at radius 1 is 1.60 bits per heavy atom. The van der Waals surface area contributed by atoms with Crippen LogP contribution in [0.15, 0.2) is 18.2 Å². The van der Waals surface area contributed by atoms with Gasteiger partial charge in [-0.05, 0) is 19.1 Å². The van der Waals surface area contributed by atoms with Crippen molar-refractivity contribution in [3.8, 4) is 5.75 Å². The summed E-state index contributed by atoms with van der Waals surface area (Å²) in [4.78, 5) is 2.09. The number of benzene rings is 1. The van der Waals surface area contributed by atoms with Crippen LogP contribution in [0.2, 0.25) is 5.02 Å². The highest BCUT2D eigenvalue weighted by molar-refractivity contribution is 6.32. The Hall–Kier alpha value is -0.930. The van der Waals surface area contributed by atoms with E-state index in [9.17, 15) is 0 Å². The Morgan fingerprint density at radius 2 is 2.40 bits per heavy atom. The molecule has 1 aliphatic heterocycles. The smallest absolute Gasteiger partial charge is 0.161 e. The Labute approximate surface area is 94.2 Å². The minimum absolute atomic E-state index is 0.101. The van der Waals surface area contributed by atoms with Gasteiger partial charge in [0.25, 0.3) is 0 Å². The first-order valence-electron chi connectivity index (χ1n) is 5.03. The van der Waals surface area contributed by atoms with Gasteiger partial charge >= 0.3 is 0 Å². The predicted molar refractivity (Wildman–Crippen MR) is 60.8 cm³/mol. The molecule has 1 N–H and O–H groups in total. The molecule has 3 nitrogen and oxygen atoms in total. The van der Waals surface area contributed by atoms with Crippen LogP contribution in [0.25, 0.3) is 0 Å². The molecule has 0 radical (unpaired) electrons. The largest absolute Gasteiger partial charge is 0.485 e. The second-order valence-corrected chi connectivity index (χ2v) is 4.09. The number of hydrogen-bond acceptors (Lipinski definition) is 3. The molecule has 0 fully saturated rings. The SMILES string of the molecule is CC1CN(CCO)c2cccc(Cl)c2O1. The highest BCUT2D eigenvalue weighted by atomic mass is 35.5. The zero-order valence-corrected chi connectivity index (χ0v) is 9.37. The van der Waals surface area contributed by atoms with Gasteiger partial charge in [-0.1, -0.05) is 17.7 Å². The maximum atomic E-state index is 8.98. The maximum absolute atomic E-state index is 8.98. The molecule has 82 valence electrons. The number of ether oxygens (including phenoxy) is 1. The number of β-amino-alcohol motifs (C(OH)–C–C–N with tert-alkyl or cyclic N) is 1. The van der Waals surface area contributed by atoms with Crippen LogP contribution < -0.4 is 9.64 Å². The number of hydrogen-bond donors (Lipinski definition) is 1. The maximum Gasteiger partial charge on any atom is 0.161 e. The molecule has 0 bridgehead atoms. The first-order chi connectivity index (χ1) is 7.22. The second kappa shape index (κ2) is 4.29. The monoisotopic (exact) mass is 227 g/mol. The van der Waals surface area contributed by atoms with E-state index in [1.165, 1.54) is 0 Å². The van der Waals surface area contributed by atoms with Gasteiger partial charge in [-0.2, -0.15) is 0 Å². The van der Waals surface area contributed by atoms with E-state index in [1.807, 2.05) is 25.1 Å². The molecule has 1 heterocycles. The normalized spacial score (nSPS) is 19.7. The third-order valence-electron chi connectivity index (χ3n) is 2.45. The van der Waals surface area contributed by atoms with Crippen molar-refractivity contribution < 1.29 is 9.84 Å². The van der Waals surface area contributed by atoms with E-state index < -0.39 is 0 Å². The van der Waals surface area contributed by atoms with E-state index in [0.29, 0.717) is 11.6 Å². The van der Waals surface area contributed by atoms with E-state index in [0.717, 1.165) is 18.0 Å². The molecule has 0 spiro atoms. The number of fused-ring (bicyclic) bond motifs is 1. The number of rotatable bonds is 2. The van der Waals surface area contributed by atoms with Crippen LogP contribution in [0, 0.1) is 0 Å². The first kappa shape index (κ1) is 10.6. The summed E-state index contributed by atoms with van der Waals surface area (Å²) in [6, 6.07) is 5.67. The van der Waals surface area contributed by atoms with Crippen molar-refractivity contribution in [2.45, 2.75) is 13.0 Å². The lowest BCUT2D eigenvalue weighted by Crippen LogP contribution is -2.40. The standard InChI is InChI=1S/C11H14ClNO2/c1-8-7-13(5-6-14)10-4-2-3-9(12)11(10)15-8/h2-4,8,14H,5-7H2,1H3. The summed E-state index contributed by atoms with van der Waals surface area (Å²) < 4.78 is 5.68. The van der Waals surface area contributed by atoms with E-state index in [-0.39, 0.29) is 12.7 Å². The molecule has 4 heteroatoms. The van der Waals surface area contributed by atoms with Gasteiger partial charge in [0.1, 0.15) is 6.10 Å². The molecule has 1 unspecified atom stereocenters. The molecule has 15 heavy (non-hydrogen) atoms. The lowest BCUT2D eigenvalue weighted by atomic mass is 10.2. The molecule has 0 amide bonds. The summed E-state index contributed by atoms with van der Waals surface area (Å²) in [6.45, 7) is 3.53. The second-order valence-electron chi connectivity index (χ2n) is 3.69. The summed E-state index contributed by atoms with van der Waals surface area (Å²) in [6.07, 6.45) is 0.101. The average molecular weight is 228 g/mol. The Bertz CT molecular complexity index is 356. The molecule has 0 aliphatic carbocycles. The Kier molecular flexibility index (Phi) is 3.03. The number of aliphatic hydroxyl groups is 1. The van der Waals surface area contributed by atoms with Crippen molar-refractivity contribution in [2.24, 2.45) is 0 Å². The zero-order valence-electron chi connectivity index (χ0n) is 8.61. The first-order valence-corrected chi connectivity index (χ1v) is 5.41. The molecule has 0 saturated heterocycles. The summed E-state index contributed by atoms with van der Waals surface area (Å²) in [5, 5.41) is 9.61. The Balaban J connectivity index is 2.37. The van der Waals surface area contributed by atoms with Crippen molar-refractivity contribution in [3.63, 3.8) is 0 Å². The molecule has 1 aromatic rings. The van der Waals surface area contributed by atoms with Gasteiger partial charge in [-0.15, -0.1) is 0 Å². The predicted octanol–water partition coefficient (Wildman–Crippen LogP) is 1.92. The van der Waals surface area contributed by atoms with Gasteiger partial charge in [0.05, 0.1) is 23.9 Å². The van der Waals surface area contributed by atoms with Crippen molar-refractivity contribution >= 4 is 17.3 Å². The minimum atomic E-state index is 0.101. The van der Waals surface area contributed by atoms with Crippen LogP contribution in [-0.4, -0.2) is 30.9 Å². The van der Waals surface area contributed by atoms with E-state index >= 15 is 0 Å². The summed E-state index contributed by atoms with van der Waals surface area (Å²) in [7, 11) is 0. The molecule has 1 aliphatic rings. The number of halogens is 1. The molecule has 0 saturated carbocycles. The fourth-order valence-corrected chi connectivity index (χ4v) is 2.06. The number of anilines is 1. The van der Waals surface area contributed by atoms with Crippen LogP contribution in [0.5, 0.6) is 5.75 Å². The highest BCUT2D eigenvalue weighted by Crippen LogP contribution is 2.38. The van der Waals surface area contributed by atoms with Gasteiger partial charge < -0.3 is 14.7 Å². The van der Waals surface area contributed by atoms with Crippen molar-refractivity contribution in [1.82, 2.24) is 0 Å². The molecule has 1 atom stereocenters. The fraction of sp³-hybridized carbons (Fsp3) is 0.455. The average Bonchev–Trinajstić information content (AvgIpc) is 2.20. The number of nitrogens with zero attached hydrogens (tertiary/aromatic N) is 1. The molecular formula is C11H14ClNO2. The van der Waals surface area contributed by atoms with Crippen LogP contribution in [0.4, 0.5) is 5.69 Å². The van der Waals surface area contributed by atoms with Crippen LogP contribution >= 0.6 is 11.6 Å². The van der Waals surface area contributed by atoms with E-state index in [1.54, 1.807) is 0 Å². The van der Waals surface area contributed by atoms with Gasteiger partial charge in [-0.3, -0.25) is 0 Å². The van der Waals surface area contributed by atoms with E-state index in [2.05, 4.69) is 4.90 Å². The van der Waals surface area contributed by atoms with Crippen LogP contribution in [-0.2, 0) is 0 Å². The van der Waals surface area contributed by atoms with Crippen LogP contribution in [0.1, 0.15) is 6.92 Å². The number of aliphatic hydroxyl groups excluding tert-OH is 1. The molecule has 2 rings (SSSR count). The highest BCUT2D eigenvalue weighted by Gasteiger charge is 2.23. The molecule has 1 aromatic carbocycles. The van der Waals surface area contributed by atoms with Gasteiger partial charge in [0.15, 0.2) is 5.75 Å². The van der Waals surface area contributed by atoms with Gasteiger partial charge in [0.2, 0.25) is 0 Å².